The summed E-state index contributed by atoms with van der Waals surface area (Å²) < 4.78 is 5.70. The van der Waals surface area contributed by atoms with Gasteiger partial charge in [0.1, 0.15) is 11.5 Å². The van der Waals surface area contributed by atoms with Crippen molar-refractivity contribution in [2.45, 2.75) is 25.7 Å². The Balaban J connectivity index is 1.50. The van der Waals surface area contributed by atoms with Crippen molar-refractivity contribution in [1.29, 1.82) is 0 Å². The molecule has 3 rings (SSSR count). The molecule has 0 aliphatic carbocycles. The Hall–Kier alpha value is -2.09. The van der Waals surface area contributed by atoms with Gasteiger partial charge in [0.25, 0.3) is 0 Å². The number of Topliss-reactive ketones (excluding diaryl/α,β-unsaturated/α-hetero) is 1. The van der Waals surface area contributed by atoms with Crippen molar-refractivity contribution in [1.82, 2.24) is 0 Å². The molecule has 1 atom stereocenters. The topological polar surface area (TPSA) is 26.3 Å². The molecule has 0 amide bonds. The summed E-state index contributed by atoms with van der Waals surface area (Å²) >= 11 is 0. The fraction of sp³-hybridized carbons (Fsp3) is 0.316. The zero-order chi connectivity index (χ0) is 14.5. The van der Waals surface area contributed by atoms with Gasteiger partial charge in [-0.15, -0.1) is 0 Å². The van der Waals surface area contributed by atoms with E-state index in [1.54, 1.807) is 0 Å². The number of rotatable bonds is 5. The first kappa shape index (κ1) is 13.9. The number of fused-ring (bicyclic) bond motifs is 1. The van der Waals surface area contributed by atoms with Gasteiger partial charge in [0.2, 0.25) is 0 Å². The van der Waals surface area contributed by atoms with Gasteiger partial charge in [-0.1, -0.05) is 48.5 Å². The quantitative estimate of drug-likeness (QED) is 0.832. The van der Waals surface area contributed by atoms with Gasteiger partial charge in [-0.3, -0.25) is 4.79 Å². The van der Waals surface area contributed by atoms with E-state index in [0.29, 0.717) is 18.8 Å². The van der Waals surface area contributed by atoms with Gasteiger partial charge in [-0.05, 0) is 36.5 Å². The minimum absolute atomic E-state index is 0.0238. The molecule has 1 heterocycles. The standard InChI is InChI=1S/C19H20O2/c20-18(11-6-9-15-7-2-1-3-8-15)17-13-16-10-4-5-12-19(16)21-14-17/h1-5,7-8,10,12,17H,6,9,11,13-14H2. The summed E-state index contributed by atoms with van der Waals surface area (Å²) in [5.41, 5.74) is 2.46. The van der Waals surface area contributed by atoms with E-state index in [4.69, 9.17) is 4.74 Å². The van der Waals surface area contributed by atoms with E-state index in [2.05, 4.69) is 18.2 Å². The second-order valence-electron chi connectivity index (χ2n) is 5.63. The first-order chi connectivity index (χ1) is 10.3. The minimum atomic E-state index is 0.0238. The predicted octanol–water partition coefficient (Wildman–Crippen LogP) is 3.83. The number of aryl methyl sites for hydroxylation is 1. The second kappa shape index (κ2) is 6.57. The zero-order valence-corrected chi connectivity index (χ0v) is 12.1. The lowest BCUT2D eigenvalue weighted by molar-refractivity contribution is -0.124. The molecule has 2 nitrogen and oxygen atoms in total. The molecule has 2 aromatic rings. The number of ketones is 1. The molecular formula is C19H20O2. The summed E-state index contributed by atoms with van der Waals surface area (Å²) in [5.74, 6) is 1.29. The molecule has 0 spiro atoms. The van der Waals surface area contributed by atoms with E-state index >= 15 is 0 Å². The number of carbonyl (C=O) groups is 1. The largest absolute Gasteiger partial charge is 0.493 e. The molecule has 0 saturated carbocycles. The third-order valence-electron chi connectivity index (χ3n) is 4.07. The van der Waals surface area contributed by atoms with Crippen LogP contribution in [0.2, 0.25) is 0 Å². The second-order valence-corrected chi connectivity index (χ2v) is 5.63. The van der Waals surface area contributed by atoms with E-state index in [1.165, 1.54) is 5.56 Å². The maximum absolute atomic E-state index is 12.3. The van der Waals surface area contributed by atoms with Crippen molar-refractivity contribution in [2.24, 2.45) is 5.92 Å². The Kier molecular flexibility index (Phi) is 4.34. The third kappa shape index (κ3) is 3.52. The molecule has 0 radical (unpaired) electrons. The van der Waals surface area contributed by atoms with Crippen molar-refractivity contribution < 1.29 is 9.53 Å². The number of benzene rings is 2. The normalized spacial score (nSPS) is 16.9. The maximum Gasteiger partial charge on any atom is 0.139 e. The molecule has 108 valence electrons. The Morgan fingerprint density at radius 2 is 1.81 bits per heavy atom. The van der Waals surface area contributed by atoms with Crippen LogP contribution in [0.25, 0.3) is 0 Å². The molecule has 21 heavy (non-hydrogen) atoms. The monoisotopic (exact) mass is 280 g/mol. The van der Waals surface area contributed by atoms with Crippen molar-refractivity contribution >= 4 is 5.78 Å². The van der Waals surface area contributed by atoms with Crippen LogP contribution in [-0.2, 0) is 17.6 Å². The molecule has 0 N–H and O–H groups in total. The number of ether oxygens (including phenoxy) is 1. The molecule has 2 heteroatoms. The maximum atomic E-state index is 12.3. The molecule has 0 fully saturated rings. The van der Waals surface area contributed by atoms with Crippen LogP contribution in [0.15, 0.2) is 54.6 Å². The highest BCUT2D eigenvalue weighted by Crippen LogP contribution is 2.27. The highest BCUT2D eigenvalue weighted by molar-refractivity contribution is 5.81. The number of hydrogen-bond donors (Lipinski definition) is 0. The van der Waals surface area contributed by atoms with Gasteiger partial charge in [-0.2, -0.15) is 0 Å². The van der Waals surface area contributed by atoms with Crippen LogP contribution in [0.1, 0.15) is 24.0 Å². The third-order valence-corrected chi connectivity index (χ3v) is 4.07. The number of hydrogen-bond acceptors (Lipinski definition) is 2. The van der Waals surface area contributed by atoms with E-state index in [9.17, 15) is 4.79 Å². The summed E-state index contributed by atoms with van der Waals surface area (Å²) in [6.45, 7) is 0.529. The van der Waals surface area contributed by atoms with Crippen LogP contribution < -0.4 is 4.74 Å². The van der Waals surface area contributed by atoms with Crippen LogP contribution in [0.4, 0.5) is 0 Å². The van der Waals surface area contributed by atoms with Gasteiger partial charge in [0, 0.05) is 6.42 Å². The van der Waals surface area contributed by atoms with Gasteiger partial charge < -0.3 is 4.74 Å². The number of para-hydroxylation sites is 1. The highest BCUT2D eigenvalue weighted by Gasteiger charge is 2.24. The van der Waals surface area contributed by atoms with Crippen LogP contribution >= 0.6 is 0 Å². The lowest BCUT2D eigenvalue weighted by Crippen LogP contribution is -2.28. The molecule has 0 bridgehead atoms. The molecule has 1 aliphatic rings. The highest BCUT2D eigenvalue weighted by atomic mass is 16.5. The molecular weight excluding hydrogens is 260 g/mol. The van der Waals surface area contributed by atoms with E-state index in [0.717, 1.165) is 30.6 Å². The molecule has 2 aromatic carbocycles. The summed E-state index contributed by atoms with van der Waals surface area (Å²) in [7, 11) is 0. The minimum Gasteiger partial charge on any atom is -0.493 e. The molecule has 0 saturated heterocycles. The van der Waals surface area contributed by atoms with Crippen molar-refractivity contribution in [3.63, 3.8) is 0 Å². The van der Waals surface area contributed by atoms with Gasteiger partial charge in [-0.25, -0.2) is 0 Å². The van der Waals surface area contributed by atoms with Crippen LogP contribution in [-0.4, -0.2) is 12.4 Å². The lowest BCUT2D eigenvalue weighted by Gasteiger charge is -2.24. The van der Waals surface area contributed by atoms with E-state index in [-0.39, 0.29) is 5.92 Å². The molecule has 0 aromatic heterocycles. The van der Waals surface area contributed by atoms with Crippen LogP contribution in [0, 0.1) is 5.92 Å². The Morgan fingerprint density at radius 1 is 1.05 bits per heavy atom. The van der Waals surface area contributed by atoms with Crippen LogP contribution in [0.3, 0.4) is 0 Å². The fourth-order valence-corrected chi connectivity index (χ4v) is 2.85. The van der Waals surface area contributed by atoms with E-state index in [1.807, 2.05) is 36.4 Å². The summed E-state index contributed by atoms with van der Waals surface area (Å²) in [6, 6.07) is 18.3. The fourth-order valence-electron chi connectivity index (χ4n) is 2.85. The smallest absolute Gasteiger partial charge is 0.139 e. The SMILES string of the molecule is O=C(CCCc1ccccc1)C1COc2ccccc2C1. The van der Waals surface area contributed by atoms with Crippen molar-refractivity contribution in [2.75, 3.05) is 6.61 Å². The first-order valence-electron chi connectivity index (χ1n) is 7.60. The van der Waals surface area contributed by atoms with Gasteiger partial charge >= 0.3 is 0 Å². The Labute approximate surface area is 125 Å². The van der Waals surface area contributed by atoms with E-state index < -0.39 is 0 Å². The summed E-state index contributed by atoms with van der Waals surface area (Å²) in [4.78, 5) is 12.3. The first-order valence-corrected chi connectivity index (χ1v) is 7.60. The van der Waals surface area contributed by atoms with Crippen molar-refractivity contribution in [3.05, 3.63) is 65.7 Å². The summed E-state index contributed by atoms with van der Waals surface area (Å²) in [6.07, 6.45) is 3.35. The average Bonchev–Trinajstić information content (AvgIpc) is 2.55. The molecule has 1 aliphatic heterocycles. The number of carbonyl (C=O) groups excluding carboxylic acids is 1. The van der Waals surface area contributed by atoms with Crippen molar-refractivity contribution in [3.8, 4) is 5.75 Å². The Bertz CT molecular complexity index is 604. The Morgan fingerprint density at radius 3 is 2.67 bits per heavy atom. The lowest BCUT2D eigenvalue weighted by atomic mass is 9.90. The van der Waals surface area contributed by atoms with Crippen LogP contribution in [0.5, 0.6) is 5.75 Å². The summed E-state index contributed by atoms with van der Waals surface area (Å²) in [5, 5.41) is 0. The molecule has 1 unspecified atom stereocenters. The van der Waals surface area contributed by atoms with Gasteiger partial charge in [0.15, 0.2) is 0 Å². The average molecular weight is 280 g/mol. The predicted molar refractivity (Wildman–Crippen MR) is 83.5 cm³/mol. The van der Waals surface area contributed by atoms with Gasteiger partial charge in [0.05, 0.1) is 12.5 Å². The zero-order valence-electron chi connectivity index (χ0n) is 12.1.